The molecule has 0 fully saturated rings. The summed E-state index contributed by atoms with van der Waals surface area (Å²) in [5, 5.41) is 7.69. The van der Waals surface area contributed by atoms with Gasteiger partial charge in [-0.1, -0.05) is 6.07 Å². The van der Waals surface area contributed by atoms with E-state index in [1.807, 2.05) is 49.4 Å². The Morgan fingerprint density at radius 1 is 1.00 bits per heavy atom. The Morgan fingerprint density at radius 3 is 2.64 bits per heavy atom. The summed E-state index contributed by atoms with van der Waals surface area (Å²) in [6, 6.07) is 13.0. The molecule has 0 radical (unpaired) electrons. The van der Waals surface area contributed by atoms with Crippen molar-refractivity contribution in [2.24, 2.45) is 5.73 Å². The van der Waals surface area contributed by atoms with Crippen LogP contribution in [0.5, 0.6) is 0 Å². The highest BCUT2D eigenvalue weighted by Crippen LogP contribution is 2.20. The van der Waals surface area contributed by atoms with Crippen molar-refractivity contribution in [2.75, 3.05) is 0 Å². The van der Waals surface area contributed by atoms with E-state index in [0.717, 1.165) is 16.7 Å². The zero-order valence-corrected chi connectivity index (χ0v) is 12.1. The van der Waals surface area contributed by atoms with E-state index in [9.17, 15) is 0 Å². The van der Waals surface area contributed by atoms with Crippen molar-refractivity contribution in [3.63, 3.8) is 0 Å². The highest BCUT2D eigenvalue weighted by Gasteiger charge is 2.10. The Labute approximate surface area is 128 Å². The minimum absolute atomic E-state index is 0.439. The van der Waals surface area contributed by atoms with Gasteiger partial charge in [-0.05, 0) is 43.3 Å². The molecule has 22 heavy (non-hydrogen) atoms. The molecule has 0 atom stereocenters. The van der Waals surface area contributed by atoms with Crippen LogP contribution in [0, 0.1) is 12.3 Å². The predicted molar refractivity (Wildman–Crippen MR) is 88.3 cm³/mol. The maximum absolute atomic E-state index is 7.69. The van der Waals surface area contributed by atoms with Crippen LogP contribution >= 0.6 is 0 Å². The van der Waals surface area contributed by atoms with Gasteiger partial charge >= 0.3 is 0 Å². The van der Waals surface area contributed by atoms with Crippen LogP contribution in [0.2, 0.25) is 0 Å². The number of fused-ring (bicyclic) bond motifs is 1. The fourth-order valence-electron chi connectivity index (χ4n) is 2.23. The molecule has 5 heteroatoms. The largest absolute Gasteiger partial charge is 0.396 e. The summed E-state index contributed by atoms with van der Waals surface area (Å²) in [6.07, 6.45) is 2.94. The lowest BCUT2D eigenvalue weighted by atomic mass is 10.1. The third kappa shape index (κ3) is 2.56. The number of aromatic nitrogens is 3. The van der Waals surface area contributed by atoms with Gasteiger partial charge in [0.1, 0.15) is 0 Å². The first-order valence-electron chi connectivity index (χ1n) is 6.85. The number of pyridine rings is 3. The van der Waals surface area contributed by atoms with Crippen LogP contribution in [-0.2, 0) is 0 Å². The first kappa shape index (κ1) is 13.9. The lowest BCUT2D eigenvalue weighted by molar-refractivity contribution is 1.16. The van der Waals surface area contributed by atoms with E-state index in [0.29, 0.717) is 22.7 Å². The van der Waals surface area contributed by atoms with E-state index in [4.69, 9.17) is 11.1 Å². The number of rotatable bonds is 3. The number of nitrogens with two attached hydrogens (primary N) is 1. The summed E-state index contributed by atoms with van der Waals surface area (Å²) in [5.74, 6) is 0. The Morgan fingerprint density at radius 2 is 1.86 bits per heavy atom. The lowest BCUT2D eigenvalue weighted by Gasteiger charge is -2.08. The maximum atomic E-state index is 7.69. The molecule has 0 saturated heterocycles. The highest BCUT2D eigenvalue weighted by molar-refractivity contribution is 6.17. The molecular formula is C17H15N5. The minimum atomic E-state index is 0.439. The van der Waals surface area contributed by atoms with Crippen LogP contribution in [0.15, 0.2) is 48.7 Å². The van der Waals surface area contributed by atoms with E-state index < -0.39 is 0 Å². The molecule has 0 aliphatic carbocycles. The molecule has 3 aromatic heterocycles. The average molecular weight is 289 g/mol. The fourth-order valence-corrected chi connectivity index (χ4v) is 2.23. The van der Waals surface area contributed by atoms with Crippen molar-refractivity contribution in [3.8, 4) is 0 Å². The number of hydrogen-bond acceptors (Lipinski definition) is 5. The van der Waals surface area contributed by atoms with Gasteiger partial charge in [-0.3, -0.25) is 9.97 Å². The van der Waals surface area contributed by atoms with Crippen LogP contribution in [0.3, 0.4) is 0 Å². The molecule has 0 aliphatic heterocycles. The molecule has 0 spiro atoms. The second-order valence-electron chi connectivity index (χ2n) is 4.87. The average Bonchev–Trinajstić information content (AvgIpc) is 2.55. The van der Waals surface area contributed by atoms with Crippen molar-refractivity contribution in [1.29, 1.82) is 5.41 Å². The zero-order valence-electron chi connectivity index (χ0n) is 12.1. The van der Waals surface area contributed by atoms with Gasteiger partial charge in [-0.2, -0.15) is 0 Å². The third-order valence-electron chi connectivity index (χ3n) is 3.33. The van der Waals surface area contributed by atoms with Crippen LogP contribution in [0.1, 0.15) is 17.1 Å². The summed E-state index contributed by atoms with van der Waals surface area (Å²) < 4.78 is 0. The predicted octanol–water partition coefficient (Wildman–Crippen LogP) is 2.81. The van der Waals surface area contributed by atoms with Crippen LogP contribution in [0.4, 0.5) is 0 Å². The number of nitrogens with zero attached hydrogens (tertiary/aromatic N) is 3. The number of allylic oxidation sites excluding steroid dienone is 1. The van der Waals surface area contributed by atoms with Gasteiger partial charge in [0.15, 0.2) is 0 Å². The Kier molecular flexibility index (Phi) is 3.62. The third-order valence-corrected chi connectivity index (χ3v) is 3.33. The van der Waals surface area contributed by atoms with E-state index >= 15 is 0 Å². The Bertz CT molecular complexity index is 883. The molecule has 3 aromatic rings. The lowest BCUT2D eigenvalue weighted by Crippen LogP contribution is -2.06. The van der Waals surface area contributed by atoms with Gasteiger partial charge < -0.3 is 11.1 Å². The summed E-state index contributed by atoms with van der Waals surface area (Å²) in [6.45, 7) is 1.90. The highest BCUT2D eigenvalue weighted by atomic mass is 14.8. The topological polar surface area (TPSA) is 88.5 Å². The van der Waals surface area contributed by atoms with E-state index in [-0.39, 0.29) is 0 Å². The van der Waals surface area contributed by atoms with Crippen molar-refractivity contribution < 1.29 is 0 Å². The molecule has 0 aliphatic rings. The van der Waals surface area contributed by atoms with Gasteiger partial charge in [-0.15, -0.1) is 0 Å². The molecule has 5 nitrogen and oxygen atoms in total. The molecule has 108 valence electrons. The molecule has 3 N–H and O–H groups in total. The Balaban J connectivity index is 2.16. The fraction of sp³-hybridized carbons (Fsp3) is 0.0588. The van der Waals surface area contributed by atoms with Gasteiger partial charge in [0, 0.05) is 23.7 Å². The van der Waals surface area contributed by atoms with Crippen LogP contribution < -0.4 is 5.73 Å². The summed E-state index contributed by atoms with van der Waals surface area (Å²) in [7, 11) is 0. The number of nitrogens with one attached hydrogen (secondary N) is 1. The number of hydrogen-bond donors (Lipinski definition) is 2. The van der Waals surface area contributed by atoms with E-state index in [1.54, 1.807) is 6.20 Å². The summed E-state index contributed by atoms with van der Waals surface area (Å²) >= 11 is 0. The SMILES string of the molecule is Cc1cccc(C(N)=C(C=N)c2ccc3ncccc3n2)n1. The normalized spacial score (nSPS) is 12.0. The van der Waals surface area contributed by atoms with Crippen LogP contribution in [0.25, 0.3) is 22.3 Å². The van der Waals surface area contributed by atoms with E-state index in [1.165, 1.54) is 6.21 Å². The smallest absolute Gasteiger partial charge is 0.0894 e. The van der Waals surface area contributed by atoms with Crippen molar-refractivity contribution in [3.05, 3.63) is 65.7 Å². The summed E-state index contributed by atoms with van der Waals surface area (Å²) in [4.78, 5) is 13.2. The van der Waals surface area contributed by atoms with Gasteiger partial charge in [-0.25, -0.2) is 4.98 Å². The monoisotopic (exact) mass is 289 g/mol. The molecule has 0 unspecified atom stereocenters. The molecule has 0 saturated carbocycles. The second-order valence-corrected chi connectivity index (χ2v) is 4.87. The molecular weight excluding hydrogens is 274 g/mol. The van der Waals surface area contributed by atoms with E-state index in [2.05, 4.69) is 15.0 Å². The minimum Gasteiger partial charge on any atom is -0.396 e. The molecule has 3 heterocycles. The van der Waals surface area contributed by atoms with Gasteiger partial charge in [0.25, 0.3) is 0 Å². The first-order valence-corrected chi connectivity index (χ1v) is 6.85. The maximum Gasteiger partial charge on any atom is 0.0894 e. The first-order chi connectivity index (χ1) is 10.7. The zero-order chi connectivity index (χ0) is 15.5. The van der Waals surface area contributed by atoms with Crippen molar-refractivity contribution >= 4 is 28.5 Å². The molecule has 0 amide bonds. The molecule has 0 bridgehead atoms. The van der Waals surface area contributed by atoms with Crippen LogP contribution in [-0.4, -0.2) is 21.2 Å². The Hall–Kier alpha value is -3.08. The second kappa shape index (κ2) is 5.73. The molecule has 0 aromatic carbocycles. The molecule has 3 rings (SSSR count). The van der Waals surface area contributed by atoms with Crippen molar-refractivity contribution in [1.82, 2.24) is 15.0 Å². The van der Waals surface area contributed by atoms with Crippen molar-refractivity contribution in [2.45, 2.75) is 6.92 Å². The quantitative estimate of drug-likeness (QED) is 0.726. The standard InChI is InChI=1S/C17H15N5/c1-11-4-2-5-16(21-11)17(19)12(10-18)13-7-8-14-15(22-13)6-3-9-20-14/h2-10,18H,19H2,1H3. The summed E-state index contributed by atoms with van der Waals surface area (Å²) in [5.41, 5.74) is 10.9. The number of aryl methyl sites for hydroxylation is 1. The van der Waals surface area contributed by atoms with Gasteiger partial charge in [0.2, 0.25) is 0 Å². The van der Waals surface area contributed by atoms with Gasteiger partial charge in [0.05, 0.1) is 28.1 Å².